The first kappa shape index (κ1) is 15.5. The van der Waals surface area contributed by atoms with E-state index in [1.807, 2.05) is 0 Å². The lowest BCUT2D eigenvalue weighted by Gasteiger charge is -2.34. The van der Waals surface area contributed by atoms with E-state index in [-0.39, 0.29) is 11.5 Å². The van der Waals surface area contributed by atoms with Crippen LogP contribution < -0.4 is 0 Å². The van der Waals surface area contributed by atoms with E-state index in [0.717, 1.165) is 12.1 Å². The van der Waals surface area contributed by atoms with Gasteiger partial charge in [0.15, 0.2) is 17.5 Å². The van der Waals surface area contributed by atoms with Gasteiger partial charge in [-0.15, -0.1) is 0 Å². The summed E-state index contributed by atoms with van der Waals surface area (Å²) < 4.78 is 31.1. The van der Waals surface area contributed by atoms with Crippen LogP contribution in [-0.2, 0) is 6.54 Å². The Bertz CT molecular complexity index is 711. The van der Waals surface area contributed by atoms with Crippen molar-refractivity contribution in [1.82, 2.24) is 19.9 Å². The molecule has 1 aromatic heterocycles. The number of carbonyl (C=O) groups is 1. The zero-order chi connectivity index (χ0) is 16.4. The molecule has 2 aromatic rings. The molecule has 2 heterocycles. The highest BCUT2D eigenvalue weighted by Gasteiger charge is 2.23. The van der Waals surface area contributed by atoms with E-state index in [2.05, 4.69) is 15.0 Å². The molecule has 0 saturated carbocycles. The molecule has 0 atom stereocenters. The summed E-state index contributed by atoms with van der Waals surface area (Å²) in [4.78, 5) is 20.2. The predicted molar refractivity (Wildman–Crippen MR) is 76.6 cm³/mol. The molecule has 8 heteroatoms. The molecule has 0 N–H and O–H groups in total. The summed E-state index contributed by atoms with van der Waals surface area (Å²) in [5.74, 6) is -1.13. The summed E-state index contributed by atoms with van der Waals surface area (Å²) in [6.45, 7) is 4.62. The van der Waals surface area contributed by atoms with Crippen LogP contribution in [0.1, 0.15) is 22.1 Å². The Morgan fingerprint density at radius 3 is 2.57 bits per heavy atom. The minimum absolute atomic E-state index is 0.158. The normalized spacial score (nSPS) is 15.9. The van der Waals surface area contributed by atoms with E-state index in [4.69, 9.17) is 4.52 Å². The number of aromatic nitrogens is 2. The van der Waals surface area contributed by atoms with Crippen LogP contribution in [0, 0.1) is 18.6 Å². The molecular formula is C15H16F2N4O2. The fourth-order valence-electron chi connectivity index (χ4n) is 2.53. The third kappa shape index (κ3) is 3.53. The maximum atomic E-state index is 13.2. The van der Waals surface area contributed by atoms with Gasteiger partial charge in [0.25, 0.3) is 5.91 Å². The second kappa shape index (κ2) is 6.41. The number of carbonyl (C=O) groups excluding carboxylic acids is 1. The lowest BCUT2D eigenvalue weighted by Crippen LogP contribution is -2.48. The van der Waals surface area contributed by atoms with Crippen LogP contribution in [0.15, 0.2) is 22.7 Å². The molecule has 1 aliphatic heterocycles. The molecule has 0 radical (unpaired) electrons. The summed E-state index contributed by atoms with van der Waals surface area (Å²) in [7, 11) is 0. The summed E-state index contributed by atoms with van der Waals surface area (Å²) >= 11 is 0. The molecule has 1 saturated heterocycles. The minimum Gasteiger partial charge on any atom is -0.340 e. The van der Waals surface area contributed by atoms with Crippen LogP contribution in [0.5, 0.6) is 0 Å². The van der Waals surface area contributed by atoms with Crippen molar-refractivity contribution < 1.29 is 18.1 Å². The third-order valence-corrected chi connectivity index (χ3v) is 3.76. The molecule has 122 valence electrons. The Balaban J connectivity index is 1.57. The number of aryl methyl sites for hydroxylation is 1. The molecule has 0 unspecified atom stereocenters. The first-order chi connectivity index (χ1) is 11.0. The van der Waals surface area contributed by atoms with Crippen LogP contribution in [0.4, 0.5) is 8.78 Å². The second-order valence-corrected chi connectivity index (χ2v) is 5.43. The summed E-state index contributed by atoms with van der Waals surface area (Å²) in [5, 5.41) is 3.84. The van der Waals surface area contributed by atoms with Crippen LogP contribution >= 0.6 is 0 Å². The van der Waals surface area contributed by atoms with Gasteiger partial charge >= 0.3 is 0 Å². The van der Waals surface area contributed by atoms with Gasteiger partial charge in [-0.2, -0.15) is 4.98 Å². The molecule has 23 heavy (non-hydrogen) atoms. The van der Waals surface area contributed by atoms with Crippen molar-refractivity contribution in [2.75, 3.05) is 26.2 Å². The molecular weight excluding hydrogens is 306 g/mol. The quantitative estimate of drug-likeness (QED) is 0.859. The smallest absolute Gasteiger partial charge is 0.254 e. The first-order valence-electron chi connectivity index (χ1n) is 7.29. The Labute approximate surface area is 131 Å². The molecule has 0 spiro atoms. The molecule has 1 amide bonds. The van der Waals surface area contributed by atoms with Crippen LogP contribution in [0.2, 0.25) is 0 Å². The first-order valence-corrected chi connectivity index (χ1v) is 7.29. The topological polar surface area (TPSA) is 62.5 Å². The monoisotopic (exact) mass is 322 g/mol. The lowest BCUT2D eigenvalue weighted by atomic mass is 10.1. The maximum absolute atomic E-state index is 13.2. The van der Waals surface area contributed by atoms with E-state index in [1.165, 1.54) is 6.07 Å². The van der Waals surface area contributed by atoms with Gasteiger partial charge in [0.1, 0.15) is 0 Å². The highest BCUT2D eigenvalue weighted by Crippen LogP contribution is 2.13. The average Bonchev–Trinajstić information content (AvgIpc) is 2.95. The maximum Gasteiger partial charge on any atom is 0.254 e. The molecule has 1 aromatic carbocycles. The molecule has 1 aliphatic rings. The molecule has 1 fully saturated rings. The van der Waals surface area contributed by atoms with Gasteiger partial charge in [-0.05, 0) is 18.2 Å². The van der Waals surface area contributed by atoms with Gasteiger partial charge in [0.05, 0.1) is 6.54 Å². The van der Waals surface area contributed by atoms with E-state index in [1.54, 1.807) is 11.8 Å². The van der Waals surface area contributed by atoms with Crippen molar-refractivity contribution in [1.29, 1.82) is 0 Å². The Hall–Kier alpha value is -2.35. The number of rotatable bonds is 3. The zero-order valence-corrected chi connectivity index (χ0v) is 12.6. The molecule has 0 aliphatic carbocycles. The number of halogens is 2. The minimum atomic E-state index is -1.01. The third-order valence-electron chi connectivity index (χ3n) is 3.76. The summed E-state index contributed by atoms with van der Waals surface area (Å²) in [6.07, 6.45) is 0. The number of hydrogen-bond acceptors (Lipinski definition) is 5. The number of nitrogens with zero attached hydrogens (tertiary/aromatic N) is 4. The van der Waals surface area contributed by atoms with Gasteiger partial charge in [0, 0.05) is 38.7 Å². The lowest BCUT2D eigenvalue weighted by molar-refractivity contribution is 0.0624. The van der Waals surface area contributed by atoms with E-state index >= 15 is 0 Å². The fourth-order valence-corrected chi connectivity index (χ4v) is 2.53. The molecule has 6 nitrogen and oxygen atoms in total. The predicted octanol–water partition coefficient (Wildman–Crippen LogP) is 1.61. The second-order valence-electron chi connectivity index (χ2n) is 5.43. The van der Waals surface area contributed by atoms with Gasteiger partial charge in [0.2, 0.25) is 5.89 Å². The van der Waals surface area contributed by atoms with E-state index in [0.29, 0.717) is 44.4 Å². The molecule has 0 bridgehead atoms. The van der Waals surface area contributed by atoms with Crippen LogP contribution in [0.3, 0.4) is 0 Å². The van der Waals surface area contributed by atoms with Gasteiger partial charge in [-0.25, -0.2) is 8.78 Å². The Morgan fingerprint density at radius 2 is 1.96 bits per heavy atom. The highest BCUT2D eigenvalue weighted by molar-refractivity contribution is 5.94. The van der Waals surface area contributed by atoms with E-state index < -0.39 is 11.6 Å². The highest BCUT2D eigenvalue weighted by atomic mass is 19.2. The summed E-state index contributed by atoms with van der Waals surface area (Å²) in [5.41, 5.74) is 0.158. The number of benzene rings is 1. The summed E-state index contributed by atoms with van der Waals surface area (Å²) in [6, 6.07) is 3.21. The van der Waals surface area contributed by atoms with Gasteiger partial charge in [-0.1, -0.05) is 5.16 Å². The Morgan fingerprint density at radius 1 is 1.22 bits per heavy atom. The van der Waals surface area contributed by atoms with Crippen molar-refractivity contribution in [3.8, 4) is 0 Å². The Kier molecular flexibility index (Phi) is 4.33. The fraction of sp³-hybridized carbons (Fsp3) is 0.400. The van der Waals surface area contributed by atoms with Crippen molar-refractivity contribution in [2.45, 2.75) is 13.5 Å². The van der Waals surface area contributed by atoms with Crippen molar-refractivity contribution >= 4 is 5.91 Å². The molecule has 3 rings (SSSR count). The van der Waals surface area contributed by atoms with Crippen LogP contribution in [0.25, 0.3) is 0 Å². The largest absolute Gasteiger partial charge is 0.340 e. The van der Waals surface area contributed by atoms with E-state index in [9.17, 15) is 13.6 Å². The van der Waals surface area contributed by atoms with Gasteiger partial charge < -0.3 is 9.42 Å². The van der Waals surface area contributed by atoms with Gasteiger partial charge in [-0.3, -0.25) is 9.69 Å². The number of piperazine rings is 1. The number of amides is 1. The van der Waals surface area contributed by atoms with Crippen LogP contribution in [-0.4, -0.2) is 52.0 Å². The average molecular weight is 322 g/mol. The van der Waals surface area contributed by atoms with Crippen molar-refractivity contribution in [3.05, 3.63) is 47.1 Å². The number of hydrogen-bond donors (Lipinski definition) is 0. The zero-order valence-electron chi connectivity index (χ0n) is 12.6. The standard InChI is InChI=1S/C15H16F2N4O2/c1-10-18-14(19-23-10)9-20-4-6-21(7-5-20)15(22)11-2-3-12(16)13(17)8-11/h2-3,8H,4-7,9H2,1H3. The SMILES string of the molecule is Cc1nc(CN2CCN(C(=O)c3ccc(F)c(F)c3)CC2)no1. The van der Waals surface area contributed by atoms with Crippen molar-refractivity contribution in [2.24, 2.45) is 0 Å². The van der Waals surface area contributed by atoms with Crippen molar-refractivity contribution in [3.63, 3.8) is 0 Å².